The van der Waals surface area contributed by atoms with Crippen LogP contribution in [-0.2, 0) is 6.18 Å². The number of benzene rings is 8. The third-order valence-corrected chi connectivity index (χ3v) is 11.7. The molecule has 12 heteroatoms. The SMILES string of the molecule is Fc1c(F)c(F)c(-c2ccc(-n3c4ccccc4c4ccc5oc6ccccc6c5c43)c(C(F)(F)F)c2-n2c3ccccc3c3ccc4oc5ccccc5c4c32)c(F)c1F. The minimum absolute atomic E-state index is 0.155. The van der Waals surface area contributed by atoms with Gasteiger partial charge in [-0.1, -0.05) is 72.8 Å². The molecular formula is C49H22F8N2O2. The maximum atomic E-state index is 16.8. The summed E-state index contributed by atoms with van der Waals surface area (Å²) in [6, 6.07) is 36.2. The first-order valence-electron chi connectivity index (χ1n) is 19.0. The van der Waals surface area contributed by atoms with Gasteiger partial charge in [0.25, 0.3) is 0 Å². The smallest absolute Gasteiger partial charge is 0.420 e. The van der Waals surface area contributed by atoms with E-state index in [1.165, 1.54) is 9.13 Å². The van der Waals surface area contributed by atoms with E-state index in [-0.39, 0.29) is 16.6 Å². The molecule has 0 saturated heterocycles. The monoisotopic (exact) mass is 822 g/mol. The molecule has 0 N–H and O–H groups in total. The number of nitrogens with zero attached hydrogens (tertiary/aromatic N) is 2. The Morgan fingerprint density at radius 1 is 0.393 bits per heavy atom. The predicted molar refractivity (Wildman–Crippen MR) is 220 cm³/mol. The van der Waals surface area contributed by atoms with Gasteiger partial charge in [-0.25, -0.2) is 22.0 Å². The molecule has 8 aromatic carbocycles. The molecule has 0 aliphatic heterocycles. The third kappa shape index (κ3) is 4.64. The van der Waals surface area contributed by atoms with E-state index < -0.39 is 63.3 Å². The lowest BCUT2D eigenvalue weighted by atomic mass is 9.95. The summed E-state index contributed by atoms with van der Waals surface area (Å²) in [6.45, 7) is 0. The van der Waals surface area contributed by atoms with Crippen molar-refractivity contribution >= 4 is 87.5 Å². The van der Waals surface area contributed by atoms with Crippen LogP contribution in [0.15, 0.2) is 142 Å². The Bertz CT molecular complexity index is 3860. The highest BCUT2D eigenvalue weighted by Crippen LogP contribution is 2.51. The Balaban J connectivity index is 1.37. The van der Waals surface area contributed by atoms with Crippen LogP contribution in [0.4, 0.5) is 35.1 Å². The Morgan fingerprint density at radius 2 is 0.836 bits per heavy atom. The lowest BCUT2D eigenvalue weighted by Gasteiger charge is -2.25. The van der Waals surface area contributed by atoms with Gasteiger partial charge < -0.3 is 18.0 Å². The van der Waals surface area contributed by atoms with Crippen LogP contribution in [0, 0.1) is 29.1 Å². The van der Waals surface area contributed by atoms with Crippen LogP contribution in [-0.4, -0.2) is 9.13 Å². The van der Waals surface area contributed by atoms with Crippen molar-refractivity contribution in [3.63, 3.8) is 0 Å². The highest BCUT2D eigenvalue weighted by Gasteiger charge is 2.42. The van der Waals surface area contributed by atoms with E-state index in [0.717, 1.165) is 12.1 Å². The zero-order valence-corrected chi connectivity index (χ0v) is 30.9. The number of halogens is 8. The summed E-state index contributed by atoms with van der Waals surface area (Å²) in [5, 5.41) is 4.08. The first-order chi connectivity index (χ1) is 29.5. The van der Waals surface area contributed by atoms with E-state index in [9.17, 15) is 4.39 Å². The van der Waals surface area contributed by atoms with Gasteiger partial charge in [0.05, 0.1) is 49.8 Å². The van der Waals surface area contributed by atoms with Gasteiger partial charge in [-0.3, -0.25) is 0 Å². The number of rotatable bonds is 3. The summed E-state index contributed by atoms with van der Waals surface area (Å²) in [5.41, 5.74) is -2.59. The van der Waals surface area contributed by atoms with E-state index >= 15 is 30.7 Å². The Hall–Kier alpha value is -7.60. The lowest BCUT2D eigenvalue weighted by molar-refractivity contribution is -0.137. The molecule has 0 fully saturated rings. The average molecular weight is 823 g/mol. The Labute approximate surface area is 336 Å². The molecule has 4 heterocycles. The van der Waals surface area contributed by atoms with E-state index in [4.69, 9.17) is 8.83 Å². The molecule has 0 amide bonds. The van der Waals surface area contributed by atoms with Crippen LogP contribution in [0.1, 0.15) is 5.56 Å². The predicted octanol–water partition coefficient (Wildman–Crippen LogP) is 15.1. The van der Waals surface area contributed by atoms with Crippen LogP contribution in [0.3, 0.4) is 0 Å². The highest BCUT2D eigenvalue weighted by molar-refractivity contribution is 6.26. The summed E-state index contributed by atoms with van der Waals surface area (Å²) >= 11 is 0. The van der Waals surface area contributed by atoms with Crippen molar-refractivity contribution in [2.75, 3.05) is 0 Å². The molecule has 12 aromatic rings. The van der Waals surface area contributed by atoms with E-state index in [1.54, 1.807) is 121 Å². The van der Waals surface area contributed by atoms with Crippen molar-refractivity contribution in [2.45, 2.75) is 6.18 Å². The minimum Gasteiger partial charge on any atom is -0.456 e. The standard InChI is InChI=1S/C49H22F8N2O2/c50-41-39(42(51)44(53)45(54)43(41)52)29-17-20-32(58-30-13-5-1-9-23(30)25-18-21-35-37(46(25)58)27-11-3-7-15-33(27)60-35)40(49(55,56)57)48(29)59-31-14-6-2-10-24(31)26-19-22-36-38(47(26)59)28-12-4-8-16-34(28)61-36/h1-22H. The summed E-state index contributed by atoms with van der Waals surface area (Å²) < 4.78 is 143. The lowest BCUT2D eigenvalue weighted by Crippen LogP contribution is -2.17. The Kier molecular flexibility index (Phi) is 7.09. The van der Waals surface area contributed by atoms with Crippen LogP contribution < -0.4 is 0 Å². The zero-order chi connectivity index (χ0) is 41.6. The molecule has 0 aliphatic rings. The second-order valence-corrected chi connectivity index (χ2v) is 14.9. The van der Waals surface area contributed by atoms with Crippen molar-refractivity contribution < 1.29 is 44.0 Å². The number of para-hydroxylation sites is 4. The van der Waals surface area contributed by atoms with Crippen LogP contribution >= 0.6 is 0 Å². The maximum Gasteiger partial charge on any atom is 0.420 e. The Morgan fingerprint density at radius 3 is 1.36 bits per heavy atom. The molecule has 4 aromatic heterocycles. The van der Waals surface area contributed by atoms with Gasteiger partial charge in [0.15, 0.2) is 23.3 Å². The molecule has 0 atom stereocenters. The number of aromatic nitrogens is 2. The third-order valence-electron chi connectivity index (χ3n) is 11.7. The zero-order valence-electron chi connectivity index (χ0n) is 30.9. The van der Waals surface area contributed by atoms with Crippen LogP contribution in [0.2, 0.25) is 0 Å². The number of alkyl halides is 3. The highest BCUT2D eigenvalue weighted by atomic mass is 19.4. The van der Waals surface area contributed by atoms with Crippen molar-refractivity contribution in [1.29, 1.82) is 0 Å². The second-order valence-electron chi connectivity index (χ2n) is 14.9. The fourth-order valence-electron chi connectivity index (χ4n) is 9.33. The largest absolute Gasteiger partial charge is 0.456 e. The number of hydrogen-bond donors (Lipinski definition) is 0. The molecule has 0 unspecified atom stereocenters. The summed E-state index contributed by atoms with van der Waals surface area (Å²) in [5.74, 6) is -11.6. The van der Waals surface area contributed by atoms with E-state index in [2.05, 4.69) is 0 Å². The topological polar surface area (TPSA) is 36.1 Å². The van der Waals surface area contributed by atoms with Crippen molar-refractivity contribution in [2.24, 2.45) is 0 Å². The molecular weight excluding hydrogens is 801 g/mol. The fraction of sp³-hybridized carbons (Fsp3) is 0.0204. The number of fused-ring (bicyclic) bond motifs is 14. The molecule has 61 heavy (non-hydrogen) atoms. The van der Waals surface area contributed by atoms with Gasteiger partial charge in [-0.05, 0) is 60.7 Å². The molecule has 12 rings (SSSR count). The normalized spacial score (nSPS) is 12.6. The first kappa shape index (κ1) is 35.4. The summed E-state index contributed by atoms with van der Waals surface area (Å²) in [4.78, 5) is 0. The average Bonchev–Trinajstić information content (AvgIpc) is 4.02. The maximum absolute atomic E-state index is 16.8. The first-order valence-corrected chi connectivity index (χ1v) is 19.0. The molecule has 0 spiro atoms. The molecule has 0 aliphatic carbocycles. The summed E-state index contributed by atoms with van der Waals surface area (Å²) in [7, 11) is 0. The molecule has 0 saturated carbocycles. The molecule has 296 valence electrons. The van der Waals surface area contributed by atoms with Gasteiger partial charge in [0.1, 0.15) is 27.9 Å². The number of hydrogen-bond acceptors (Lipinski definition) is 2. The van der Waals surface area contributed by atoms with E-state index in [0.29, 0.717) is 70.9 Å². The molecule has 0 radical (unpaired) electrons. The fourth-order valence-corrected chi connectivity index (χ4v) is 9.33. The van der Waals surface area contributed by atoms with Gasteiger partial charge in [-0.15, -0.1) is 0 Å². The van der Waals surface area contributed by atoms with E-state index in [1.807, 2.05) is 0 Å². The van der Waals surface area contributed by atoms with Crippen molar-refractivity contribution in [1.82, 2.24) is 9.13 Å². The van der Waals surface area contributed by atoms with Gasteiger partial charge in [0, 0.05) is 37.9 Å². The minimum atomic E-state index is -5.35. The molecule has 0 bridgehead atoms. The van der Waals surface area contributed by atoms with Crippen molar-refractivity contribution in [3.8, 4) is 22.5 Å². The van der Waals surface area contributed by atoms with Gasteiger partial charge in [0.2, 0.25) is 5.82 Å². The summed E-state index contributed by atoms with van der Waals surface area (Å²) in [6.07, 6.45) is -5.35. The van der Waals surface area contributed by atoms with Gasteiger partial charge in [-0.2, -0.15) is 13.2 Å². The molecule has 4 nitrogen and oxygen atoms in total. The quantitative estimate of drug-likeness (QED) is 0.101. The van der Waals surface area contributed by atoms with Gasteiger partial charge >= 0.3 is 6.18 Å². The van der Waals surface area contributed by atoms with Crippen LogP contribution in [0.25, 0.3) is 110 Å². The van der Waals surface area contributed by atoms with Crippen molar-refractivity contribution in [3.05, 3.63) is 168 Å². The second kappa shape index (κ2) is 12.2. The number of furan rings is 2. The van der Waals surface area contributed by atoms with Crippen LogP contribution in [0.5, 0.6) is 0 Å².